The van der Waals surface area contributed by atoms with Gasteiger partial charge in [-0.3, -0.25) is 10.1 Å². The summed E-state index contributed by atoms with van der Waals surface area (Å²) in [6, 6.07) is 9.14. The maximum Gasteiger partial charge on any atom is 0.261 e. The van der Waals surface area contributed by atoms with Crippen LogP contribution < -0.4 is 5.32 Å². The Hall–Kier alpha value is -2.15. The molecule has 0 aliphatic heterocycles. The molecule has 142 valence electrons. The van der Waals surface area contributed by atoms with Crippen molar-refractivity contribution in [2.75, 3.05) is 26.0 Å². The highest BCUT2D eigenvalue weighted by Crippen LogP contribution is 2.31. The maximum atomic E-state index is 12.7. The van der Waals surface area contributed by atoms with Crippen molar-refractivity contribution < 1.29 is 9.90 Å². The number of rotatable bonds is 6. The van der Waals surface area contributed by atoms with Gasteiger partial charge in [-0.2, -0.15) is 0 Å². The van der Waals surface area contributed by atoms with Gasteiger partial charge in [0.15, 0.2) is 5.13 Å². The van der Waals surface area contributed by atoms with Crippen LogP contribution in [-0.4, -0.2) is 41.5 Å². The number of aromatic nitrogens is 1. The van der Waals surface area contributed by atoms with Gasteiger partial charge in [0.05, 0.1) is 15.8 Å². The number of hydrogen-bond acceptors (Lipinski definition) is 5. The van der Waals surface area contributed by atoms with Gasteiger partial charge in [0.25, 0.3) is 5.91 Å². The molecular formula is C20H22ClN3O2S. The number of phenolic OH excluding ortho intramolecular Hbond substituents is 1. The van der Waals surface area contributed by atoms with Crippen molar-refractivity contribution in [1.29, 1.82) is 0 Å². The first kappa shape index (κ1) is 19.6. The zero-order chi connectivity index (χ0) is 19.6. The van der Waals surface area contributed by atoms with Crippen LogP contribution in [-0.2, 0) is 6.42 Å². The van der Waals surface area contributed by atoms with Crippen molar-refractivity contribution >= 4 is 44.2 Å². The van der Waals surface area contributed by atoms with Gasteiger partial charge in [-0.25, -0.2) is 4.98 Å². The Morgan fingerprint density at radius 3 is 2.81 bits per heavy atom. The Morgan fingerprint density at radius 2 is 2.07 bits per heavy atom. The van der Waals surface area contributed by atoms with Gasteiger partial charge in [0, 0.05) is 5.02 Å². The molecule has 0 spiro atoms. The van der Waals surface area contributed by atoms with Crippen LogP contribution >= 0.6 is 22.9 Å². The number of hydrogen-bond donors (Lipinski definition) is 2. The first-order valence-electron chi connectivity index (χ1n) is 8.68. The first-order valence-corrected chi connectivity index (χ1v) is 9.87. The second-order valence-electron chi connectivity index (χ2n) is 6.81. The fourth-order valence-corrected chi connectivity index (χ4v) is 4.05. The summed E-state index contributed by atoms with van der Waals surface area (Å²) in [7, 11) is 3.99. The Labute approximate surface area is 167 Å². The average molecular weight is 404 g/mol. The fraction of sp³-hybridized carbons (Fsp3) is 0.300. The molecular weight excluding hydrogens is 382 g/mol. The number of halogens is 1. The van der Waals surface area contributed by atoms with E-state index in [1.807, 2.05) is 39.2 Å². The van der Waals surface area contributed by atoms with Crippen molar-refractivity contribution in [3.05, 3.63) is 52.0 Å². The highest BCUT2D eigenvalue weighted by molar-refractivity contribution is 7.22. The van der Waals surface area contributed by atoms with Crippen molar-refractivity contribution in [2.45, 2.75) is 19.8 Å². The van der Waals surface area contributed by atoms with Gasteiger partial charge in [-0.1, -0.05) is 29.0 Å². The zero-order valence-electron chi connectivity index (χ0n) is 15.5. The predicted molar refractivity (Wildman–Crippen MR) is 112 cm³/mol. The summed E-state index contributed by atoms with van der Waals surface area (Å²) in [6.45, 7) is 2.90. The number of carbonyl (C=O) groups excluding carboxylic acids is 1. The van der Waals surface area contributed by atoms with E-state index in [1.165, 1.54) is 17.4 Å². The fourth-order valence-electron chi connectivity index (χ4n) is 2.85. The molecule has 2 aromatic carbocycles. The molecule has 5 nitrogen and oxygen atoms in total. The second-order valence-corrected chi connectivity index (χ2v) is 8.28. The molecule has 0 aliphatic rings. The number of benzene rings is 2. The third-order valence-electron chi connectivity index (χ3n) is 4.21. The predicted octanol–water partition coefficient (Wildman–Crippen LogP) is 4.71. The molecule has 0 fully saturated rings. The number of aromatic hydroxyl groups is 1. The smallest absolute Gasteiger partial charge is 0.261 e. The summed E-state index contributed by atoms with van der Waals surface area (Å²) < 4.78 is 1.00. The molecule has 0 aliphatic carbocycles. The average Bonchev–Trinajstić information content (AvgIpc) is 2.98. The molecule has 27 heavy (non-hydrogen) atoms. The Kier molecular flexibility index (Phi) is 5.99. The minimum absolute atomic E-state index is 0.0207. The molecule has 1 amide bonds. The molecule has 2 N–H and O–H groups in total. The van der Waals surface area contributed by atoms with E-state index >= 15 is 0 Å². The molecule has 0 radical (unpaired) electrons. The highest BCUT2D eigenvalue weighted by atomic mass is 35.5. The summed E-state index contributed by atoms with van der Waals surface area (Å²) in [4.78, 5) is 19.2. The number of nitrogens with zero attached hydrogens (tertiary/aromatic N) is 2. The standard InChI is InChI=1S/C20H22ClN3O2S/c1-12-6-7-16-17(9-12)27-20(22-16)23-19(26)15-11-14(21)10-13(18(15)25)5-4-8-24(2)3/h6-7,9-11,25H,4-5,8H2,1-3H3,(H,22,23,26). The molecule has 1 heterocycles. The zero-order valence-corrected chi connectivity index (χ0v) is 17.1. The Morgan fingerprint density at radius 1 is 1.30 bits per heavy atom. The van der Waals surface area contributed by atoms with E-state index in [4.69, 9.17) is 11.6 Å². The molecule has 3 rings (SSSR count). The number of phenols is 1. The molecule has 1 aromatic heterocycles. The van der Waals surface area contributed by atoms with Crippen LogP contribution in [0.5, 0.6) is 5.75 Å². The van der Waals surface area contributed by atoms with Gasteiger partial charge in [-0.15, -0.1) is 0 Å². The van der Waals surface area contributed by atoms with Crippen LogP contribution in [0.15, 0.2) is 30.3 Å². The largest absolute Gasteiger partial charge is 0.507 e. The van der Waals surface area contributed by atoms with Crippen LogP contribution in [0.4, 0.5) is 5.13 Å². The third kappa shape index (κ3) is 4.77. The number of carbonyl (C=O) groups is 1. The summed E-state index contributed by atoms with van der Waals surface area (Å²) in [5.41, 5.74) is 2.81. The van der Waals surface area contributed by atoms with Gasteiger partial charge < -0.3 is 10.0 Å². The maximum absolute atomic E-state index is 12.7. The van der Waals surface area contributed by atoms with Crippen LogP contribution in [0.25, 0.3) is 10.2 Å². The van der Waals surface area contributed by atoms with E-state index < -0.39 is 5.91 Å². The monoisotopic (exact) mass is 403 g/mol. The van der Waals surface area contributed by atoms with E-state index in [1.54, 1.807) is 6.07 Å². The number of thiazole rings is 1. The number of nitrogens with one attached hydrogen (secondary N) is 1. The molecule has 0 saturated carbocycles. The lowest BCUT2D eigenvalue weighted by molar-refractivity contribution is 0.102. The molecule has 7 heteroatoms. The summed E-state index contributed by atoms with van der Waals surface area (Å²) in [5, 5.41) is 14.3. The molecule has 3 aromatic rings. The minimum Gasteiger partial charge on any atom is -0.507 e. The quantitative estimate of drug-likeness (QED) is 0.625. The van der Waals surface area contributed by atoms with Gasteiger partial charge in [-0.05, 0) is 75.8 Å². The lowest BCUT2D eigenvalue weighted by Gasteiger charge is -2.12. The molecule has 0 bridgehead atoms. The van der Waals surface area contributed by atoms with Gasteiger partial charge >= 0.3 is 0 Å². The van der Waals surface area contributed by atoms with Crippen LogP contribution in [0, 0.1) is 6.92 Å². The number of anilines is 1. The summed E-state index contributed by atoms with van der Waals surface area (Å²) in [6.07, 6.45) is 1.50. The van der Waals surface area contributed by atoms with Crippen molar-refractivity contribution in [3.8, 4) is 5.75 Å². The topological polar surface area (TPSA) is 65.5 Å². The number of fused-ring (bicyclic) bond motifs is 1. The van der Waals surface area contributed by atoms with Crippen molar-refractivity contribution in [3.63, 3.8) is 0 Å². The normalized spacial score (nSPS) is 11.3. The van der Waals surface area contributed by atoms with Crippen LogP contribution in [0.1, 0.15) is 27.9 Å². The molecule has 0 unspecified atom stereocenters. The third-order valence-corrected chi connectivity index (χ3v) is 5.37. The minimum atomic E-state index is -0.417. The van der Waals surface area contributed by atoms with E-state index in [2.05, 4.69) is 15.2 Å². The lowest BCUT2D eigenvalue weighted by atomic mass is 10.0. The van der Waals surface area contributed by atoms with Crippen molar-refractivity contribution in [1.82, 2.24) is 9.88 Å². The van der Waals surface area contributed by atoms with E-state index in [0.717, 1.165) is 28.7 Å². The number of aryl methyl sites for hydroxylation is 2. The van der Waals surface area contributed by atoms with Crippen molar-refractivity contribution in [2.24, 2.45) is 0 Å². The first-order chi connectivity index (χ1) is 12.8. The highest BCUT2D eigenvalue weighted by Gasteiger charge is 2.18. The Balaban J connectivity index is 1.81. The molecule has 0 atom stereocenters. The van der Waals surface area contributed by atoms with Crippen LogP contribution in [0.2, 0.25) is 5.02 Å². The SMILES string of the molecule is Cc1ccc2nc(NC(=O)c3cc(Cl)cc(CCCN(C)C)c3O)sc2c1. The van der Waals surface area contributed by atoms with Crippen LogP contribution in [0.3, 0.4) is 0 Å². The number of amides is 1. The van der Waals surface area contributed by atoms with E-state index in [-0.39, 0.29) is 11.3 Å². The summed E-state index contributed by atoms with van der Waals surface area (Å²) >= 11 is 7.58. The molecule has 0 saturated heterocycles. The van der Waals surface area contributed by atoms with E-state index in [9.17, 15) is 9.90 Å². The van der Waals surface area contributed by atoms with Gasteiger partial charge in [0.2, 0.25) is 0 Å². The lowest BCUT2D eigenvalue weighted by Crippen LogP contribution is -2.14. The summed E-state index contributed by atoms with van der Waals surface area (Å²) in [5.74, 6) is -0.438. The Bertz CT molecular complexity index is 985. The second kappa shape index (κ2) is 8.25. The van der Waals surface area contributed by atoms with Gasteiger partial charge in [0.1, 0.15) is 5.75 Å². The van der Waals surface area contributed by atoms with E-state index in [0.29, 0.717) is 22.1 Å².